The second-order valence-electron chi connectivity index (χ2n) is 5.08. The van der Waals surface area contributed by atoms with Crippen LogP contribution in [0.5, 0.6) is 5.75 Å². The van der Waals surface area contributed by atoms with Gasteiger partial charge in [0, 0.05) is 10.7 Å². The predicted molar refractivity (Wildman–Crippen MR) is 97.6 cm³/mol. The number of halogens is 1. The fourth-order valence-corrected chi connectivity index (χ4v) is 2.17. The molecule has 0 aliphatic carbocycles. The van der Waals surface area contributed by atoms with Crippen LogP contribution in [0.1, 0.15) is 5.56 Å². The van der Waals surface area contributed by atoms with Crippen molar-refractivity contribution >= 4 is 35.2 Å². The third kappa shape index (κ3) is 5.65. The molecule has 7 heteroatoms. The molecule has 1 N–H and O–H groups in total. The van der Waals surface area contributed by atoms with Gasteiger partial charge in [0.2, 0.25) is 0 Å². The predicted octanol–water partition coefficient (Wildman–Crippen LogP) is 3.44. The van der Waals surface area contributed by atoms with Crippen molar-refractivity contribution in [2.45, 2.75) is 0 Å². The molecule has 0 heterocycles. The Bertz CT molecular complexity index is 870. The van der Waals surface area contributed by atoms with E-state index in [4.69, 9.17) is 26.3 Å². The first-order valence-corrected chi connectivity index (χ1v) is 7.88. The number of ether oxygens (including phenoxy) is 2. The number of hydrogen-bond acceptors (Lipinski definition) is 5. The molecule has 0 unspecified atom stereocenters. The van der Waals surface area contributed by atoms with Crippen LogP contribution in [0, 0.1) is 11.3 Å². The molecule has 0 radical (unpaired) electrons. The van der Waals surface area contributed by atoms with Gasteiger partial charge in [0.05, 0.1) is 7.11 Å². The number of carbonyl (C=O) groups excluding carboxylic acids is 2. The van der Waals surface area contributed by atoms with E-state index in [2.05, 4.69) is 5.32 Å². The first-order chi connectivity index (χ1) is 12.5. The highest BCUT2D eigenvalue weighted by Gasteiger charge is 2.13. The van der Waals surface area contributed by atoms with Crippen molar-refractivity contribution < 1.29 is 19.1 Å². The van der Waals surface area contributed by atoms with Crippen molar-refractivity contribution in [2.24, 2.45) is 0 Å². The van der Waals surface area contributed by atoms with Crippen molar-refractivity contribution in [3.05, 3.63) is 64.7 Å². The number of rotatable bonds is 6. The molecule has 26 heavy (non-hydrogen) atoms. The van der Waals surface area contributed by atoms with E-state index in [9.17, 15) is 9.59 Å². The van der Waals surface area contributed by atoms with Gasteiger partial charge in [-0.3, -0.25) is 4.79 Å². The largest absolute Gasteiger partial charge is 0.497 e. The molecule has 0 spiro atoms. The Morgan fingerprint density at radius 2 is 1.96 bits per heavy atom. The van der Waals surface area contributed by atoms with Crippen LogP contribution in [0.25, 0.3) is 6.08 Å². The number of amides is 1. The minimum atomic E-state index is -0.885. The zero-order chi connectivity index (χ0) is 18.9. The maximum absolute atomic E-state index is 12.0. The molecule has 0 saturated heterocycles. The Hall–Kier alpha value is -3.30. The molecule has 1 amide bonds. The molecule has 0 saturated carbocycles. The van der Waals surface area contributed by atoms with E-state index in [-0.39, 0.29) is 5.57 Å². The lowest BCUT2D eigenvalue weighted by Crippen LogP contribution is -2.21. The minimum absolute atomic E-state index is 0.217. The molecule has 6 nitrogen and oxygen atoms in total. The highest BCUT2D eigenvalue weighted by atomic mass is 35.5. The van der Waals surface area contributed by atoms with E-state index in [0.717, 1.165) is 0 Å². The zero-order valence-corrected chi connectivity index (χ0v) is 14.6. The number of nitriles is 1. The highest BCUT2D eigenvalue weighted by molar-refractivity contribution is 6.30. The number of benzene rings is 2. The van der Waals surface area contributed by atoms with Crippen molar-refractivity contribution in [1.29, 1.82) is 5.26 Å². The van der Waals surface area contributed by atoms with Crippen LogP contribution in [0.3, 0.4) is 0 Å². The maximum Gasteiger partial charge on any atom is 0.349 e. The van der Waals surface area contributed by atoms with Crippen molar-refractivity contribution in [1.82, 2.24) is 0 Å². The van der Waals surface area contributed by atoms with Crippen molar-refractivity contribution in [2.75, 3.05) is 19.0 Å². The fraction of sp³-hybridized carbons (Fsp3) is 0.105. The quantitative estimate of drug-likeness (QED) is 0.478. The van der Waals surface area contributed by atoms with Gasteiger partial charge in [0.1, 0.15) is 17.4 Å². The molecular weight excluding hydrogens is 356 g/mol. The number of nitrogens with one attached hydrogen (secondary N) is 1. The Morgan fingerprint density at radius 1 is 1.23 bits per heavy atom. The second kappa shape index (κ2) is 9.25. The van der Waals surface area contributed by atoms with Crippen LogP contribution in [-0.2, 0) is 14.3 Å². The van der Waals surface area contributed by atoms with Gasteiger partial charge in [-0.2, -0.15) is 5.26 Å². The lowest BCUT2D eigenvalue weighted by atomic mass is 10.1. The summed E-state index contributed by atoms with van der Waals surface area (Å²) in [6.07, 6.45) is 1.37. The van der Waals surface area contributed by atoms with Crippen LogP contribution in [-0.4, -0.2) is 25.6 Å². The summed E-state index contributed by atoms with van der Waals surface area (Å²) in [4.78, 5) is 23.8. The van der Waals surface area contributed by atoms with Crippen molar-refractivity contribution in [3.63, 3.8) is 0 Å². The normalized spacial score (nSPS) is 10.6. The van der Waals surface area contributed by atoms with Gasteiger partial charge < -0.3 is 14.8 Å². The summed E-state index contributed by atoms with van der Waals surface area (Å²) in [6.45, 7) is -0.521. The number of hydrogen-bond donors (Lipinski definition) is 1. The Morgan fingerprint density at radius 3 is 2.58 bits per heavy atom. The van der Waals surface area contributed by atoms with E-state index in [1.54, 1.807) is 54.6 Å². The average molecular weight is 371 g/mol. The van der Waals surface area contributed by atoms with E-state index in [1.807, 2.05) is 0 Å². The van der Waals surface area contributed by atoms with Crippen LogP contribution < -0.4 is 10.1 Å². The molecule has 0 bridgehead atoms. The van der Waals surface area contributed by atoms with E-state index < -0.39 is 18.5 Å². The van der Waals surface area contributed by atoms with Crippen LogP contribution in [0.4, 0.5) is 5.69 Å². The maximum atomic E-state index is 12.0. The lowest BCUT2D eigenvalue weighted by Gasteiger charge is -2.06. The summed E-state index contributed by atoms with van der Waals surface area (Å²) < 4.78 is 9.92. The molecule has 0 aliphatic heterocycles. The number of methoxy groups -OCH3 is 1. The number of nitrogens with zero attached hydrogens (tertiary/aromatic N) is 1. The van der Waals surface area contributed by atoms with Gasteiger partial charge in [-0.25, -0.2) is 4.79 Å². The number of anilines is 1. The molecular formula is C19H15ClN2O4. The molecule has 2 rings (SSSR count). The van der Waals surface area contributed by atoms with Gasteiger partial charge >= 0.3 is 5.97 Å². The number of carbonyl (C=O) groups is 2. The molecule has 0 aliphatic rings. The molecule has 0 atom stereocenters. The van der Waals surface area contributed by atoms with Gasteiger partial charge in [0.15, 0.2) is 6.61 Å². The van der Waals surface area contributed by atoms with E-state index in [1.165, 1.54) is 13.2 Å². The third-order valence-corrected chi connectivity index (χ3v) is 3.44. The van der Waals surface area contributed by atoms with Crippen LogP contribution >= 0.6 is 11.6 Å². The molecule has 0 fully saturated rings. The molecule has 0 aromatic heterocycles. The summed E-state index contributed by atoms with van der Waals surface area (Å²) in [5.74, 6) is -0.771. The smallest absolute Gasteiger partial charge is 0.349 e. The molecule has 132 valence electrons. The minimum Gasteiger partial charge on any atom is -0.497 e. The van der Waals surface area contributed by atoms with Crippen molar-refractivity contribution in [3.8, 4) is 11.8 Å². The zero-order valence-electron chi connectivity index (χ0n) is 13.9. The van der Waals surface area contributed by atoms with Gasteiger partial charge in [0.25, 0.3) is 5.91 Å². The van der Waals surface area contributed by atoms with E-state index >= 15 is 0 Å². The summed E-state index contributed by atoms with van der Waals surface area (Å²) in [6, 6.07) is 15.1. The monoisotopic (exact) mass is 370 g/mol. The summed E-state index contributed by atoms with van der Waals surface area (Å²) in [5, 5.41) is 12.1. The van der Waals surface area contributed by atoms with E-state index in [0.29, 0.717) is 22.0 Å². The van der Waals surface area contributed by atoms with Crippen LogP contribution in [0.2, 0.25) is 5.02 Å². The first-order valence-electron chi connectivity index (χ1n) is 7.50. The molecule has 2 aromatic carbocycles. The van der Waals surface area contributed by atoms with Gasteiger partial charge in [-0.15, -0.1) is 0 Å². The van der Waals surface area contributed by atoms with Gasteiger partial charge in [-0.05, 0) is 42.0 Å². The summed E-state index contributed by atoms with van der Waals surface area (Å²) >= 11 is 5.82. The Labute approximate surface area is 155 Å². The SMILES string of the molecule is COc1ccc(/C=C(\C#N)C(=O)OCC(=O)Nc2cccc(Cl)c2)cc1. The fourth-order valence-electron chi connectivity index (χ4n) is 1.98. The average Bonchev–Trinajstić information content (AvgIpc) is 2.64. The second-order valence-corrected chi connectivity index (χ2v) is 5.51. The topological polar surface area (TPSA) is 88.4 Å². The number of esters is 1. The Balaban J connectivity index is 1.94. The van der Waals surface area contributed by atoms with Crippen LogP contribution in [0.15, 0.2) is 54.1 Å². The third-order valence-electron chi connectivity index (χ3n) is 3.21. The highest BCUT2D eigenvalue weighted by Crippen LogP contribution is 2.16. The first kappa shape index (κ1) is 19.0. The lowest BCUT2D eigenvalue weighted by molar-refractivity contribution is -0.142. The Kier molecular flexibility index (Phi) is 6.77. The summed E-state index contributed by atoms with van der Waals surface area (Å²) in [5.41, 5.74) is 0.890. The standard InChI is InChI=1S/C19H15ClN2O4/c1-25-17-7-5-13(6-8-17)9-14(11-21)19(24)26-12-18(23)22-16-4-2-3-15(20)10-16/h2-10H,12H2,1H3,(H,22,23)/b14-9+. The molecule has 2 aromatic rings. The van der Waals surface area contributed by atoms with Gasteiger partial charge in [-0.1, -0.05) is 29.8 Å². The summed E-state index contributed by atoms with van der Waals surface area (Å²) in [7, 11) is 1.54.